The number of hydrogen-bond donors (Lipinski definition) is 1. The van der Waals surface area contributed by atoms with Gasteiger partial charge in [-0.15, -0.1) is 6.58 Å². The maximum atomic E-state index is 12.5. The number of halogens is 2. The van der Waals surface area contributed by atoms with Gasteiger partial charge in [-0.25, -0.2) is 0 Å². The predicted molar refractivity (Wildman–Crippen MR) is 114 cm³/mol. The summed E-state index contributed by atoms with van der Waals surface area (Å²) in [5, 5.41) is 2.62. The molecule has 1 aliphatic rings. The molecule has 1 aromatic carbocycles. The van der Waals surface area contributed by atoms with Crippen LogP contribution in [-0.4, -0.2) is 35.0 Å². The lowest BCUT2D eigenvalue weighted by Crippen LogP contribution is -2.53. The SMILES string of the molecule is C=CCN1C(=O)/C(=C/c2cc(I)c(OCC)c(I)c2)C(=O)NC1=S. The Hall–Kier alpha value is -1.01. The first-order valence-electron chi connectivity index (χ1n) is 7.00. The molecule has 0 bridgehead atoms. The van der Waals surface area contributed by atoms with Crippen LogP contribution in [0.25, 0.3) is 6.08 Å². The summed E-state index contributed by atoms with van der Waals surface area (Å²) < 4.78 is 7.42. The Balaban J connectivity index is 2.42. The van der Waals surface area contributed by atoms with Gasteiger partial charge in [0.15, 0.2) is 5.11 Å². The topological polar surface area (TPSA) is 58.6 Å². The highest BCUT2D eigenvalue weighted by atomic mass is 127. The maximum Gasteiger partial charge on any atom is 0.265 e. The van der Waals surface area contributed by atoms with Gasteiger partial charge in [-0.2, -0.15) is 0 Å². The fourth-order valence-electron chi connectivity index (χ4n) is 2.10. The quantitative estimate of drug-likeness (QED) is 0.195. The van der Waals surface area contributed by atoms with Crippen molar-refractivity contribution >= 4 is 80.4 Å². The molecular formula is C16H14I2N2O3S. The minimum absolute atomic E-state index is 0.0428. The first kappa shape index (κ1) is 19.3. The molecule has 1 aliphatic heterocycles. The molecule has 1 aromatic rings. The number of thiocarbonyl (C=S) groups is 1. The second-order valence-electron chi connectivity index (χ2n) is 4.77. The Labute approximate surface area is 172 Å². The van der Waals surface area contributed by atoms with Crippen LogP contribution in [0.5, 0.6) is 5.75 Å². The number of carbonyl (C=O) groups excluding carboxylic acids is 2. The molecule has 1 saturated heterocycles. The number of hydrogen-bond acceptors (Lipinski definition) is 4. The summed E-state index contributed by atoms with van der Waals surface area (Å²) in [6.45, 7) is 6.34. The molecule has 126 valence electrons. The maximum absolute atomic E-state index is 12.5. The summed E-state index contributed by atoms with van der Waals surface area (Å²) in [6, 6.07) is 3.73. The van der Waals surface area contributed by atoms with Crippen molar-refractivity contribution in [3.8, 4) is 5.75 Å². The van der Waals surface area contributed by atoms with Crippen molar-refractivity contribution in [1.29, 1.82) is 0 Å². The minimum atomic E-state index is -0.496. The Bertz CT molecular complexity index is 739. The van der Waals surface area contributed by atoms with Crippen molar-refractivity contribution in [2.24, 2.45) is 0 Å². The standard InChI is InChI=1S/C16H14I2N2O3S/c1-3-5-20-15(22)10(14(21)19-16(20)24)6-9-7-11(17)13(23-4-2)12(18)8-9/h3,6-8H,1,4-5H2,2H3,(H,19,21,24)/b10-6+. The molecule has 0 radical (unpaired) electrons. The summed E-state index contributed by atoms with van der Waals surface area (Å²) in [6.07, 6.45) is 3.12. The van der Waals surface area contributed by atoms with Crippen LogP contribution >= 0.6 is 57.4 Å². The molecule has 2 rings (SSSR count). The van der Waals surface area contributed by atoms with E-state index in [1.807, 2.05) is 19.1 Å². The molecule has 0 saturated carbocycles. The molecule has 2 amide bonds. The molecule has 0 spiro atoms. The number of benzene rings is 1. The highest BCUT2D eigenvalue weighted by Gasteiger charge is 2.32. The third-order valence-electron chi connectivity index (χ3n) is 3.12. The number of carbonyl (C=O) groups is 2. The molecule has 1 fully saturated rings. The molecule has 0 aromatic heterocycles. The number of amides is 2. The lowest BCUT2D eigenvalue weighted by Gasteiger charge is -2.27. The fourth-order valence-corrected chi connectivity index (χ4v) is 4.48. The van der Waals surface area contributed by atoms with Crippen molar-refractivity contribution in [3.05, 3.63) is 43.1 Å². The Morgan fingerprint density at radius 2 is 1.96 bits per heavy atom. The van der Waals surface area contributed by atoms with Gasteiger partial charge in [0, 0.05) is 6.54 Å². The summed E-state index contributed by atoms with van der Waals surface area (Å²) >= 11 is 9.37. The highest BCUT2D eigenvalue weighted by molar-refractivity contribution is 14.1. The molecule has 24 heavy (non-hydrogen) atoms. The molecule has 0 atom stereocenters. The molecule has 8 heteroatoms. The molecular weight excluding hydrogens is 554 g/mol. The Morgan fingerprint density at radius 1 is 1.33 bits per heavy atom. The zero-order chi connectivity index (χ0) is 17.9. The van der Waals surface area contributed by atoms with Gasteiger partial charge in [-0.05, 0) is 88.1 Å². The number of ether oxygens (including phenoxy) is 1. The van der Waals surface area contributed by atoms with E-state index >= 15 is 0 Å². The van der Waals surface area contributed by atoms with Crippen LogP contribution in [0.1, 0.15) is 12.5 Å². The second-order valence-corrected chi connectivity index (χ2v) is 7.48. The first-order chi connectivity index (χ1) is 11.4. The van der Waals surface area contributed by atoms with Crippen LogP contribution < -0.4 is 10.1 Å². The van der Waals surface area contributed by atoms with E-state index in [9.17, 15) is 9.59 Å². The predicted octanol–water partition coefficient (Wildman–Crippen LogP) is 3.11. The summed E-state index contributed by atoms with van der Waals surface area (Å²) in [7, 11) is 0. The lowest BCUT2D eigenvalue weighted by molar-refractivity contribution is -0.128. The third-order valence-corrected chi connectivity index (χ3v) is 5.04. The van der Waals surface area contributed by atoms with Crippen LogP contribution in [0, 0.1) is 7.14 Å². The van der Waals surface area contributed by atoms with Gasteiger partial charge in [0.05, 0.1) is 13.7 Å². The van der Waals surface area contributed by atoms with E-state index in [2.05, 4.69) is 57.1 Å². The zero-order valence-corrected chi connectivity index (χ0v) is 17.9. The van der Waals surface area contributed by atoms with Crippen LogP contribution in [0.2, 0.25) is 0 Å². The summed E-state index contributed by atoms with van der Waals surface area (Å²) in [5.41, 5.74) is 0.790. The van der Waals surface area contributed by atoms with Crippen molar-refractivity contribution in [3.63, 3.8) is 0 Å². The van der Waals surface area contributed by atoms with E-state index in [1.54, 1.807) is 12.2 Å². The number of nitrogens with one attached hydrogen (secondary N) is 1. The molecule has 1 N–H and O–H groups in total. The number of nitrogens with zero attached hydrogens (tertiary/aromatic N) is 1. The van der Waals surface area contributed by atoms with E-state index in [-0.39, 0.29) is 17.2 Å². The third kappa shape index (κ3) is 4.14. The van der Waals surface area contributed by atoms with Gasteiger partial charge < -0.3 is 4.74 Å². The van der Waals surface area contributed by atoms with E-state index in [1.165, 1.54) is 4.90 Å². The summed E-state index contributed by atoms with van der Waals surface area (Å²) in [5.74, 6) is -0.124. The monoisotopic (exact) mass is 568 g/mol. The largest absolute Gasteiger partial charge is 0.492 e. The molecule has 0 aliphatic carbocycles. The lowest BCUT2D eigenvalue weighted by atomic mass is 10.1. The average molecular weight is 568 g/mol. The van der Waals surface area contributed by atoms with Crippen LogP contribution in [0.15, 0.2) is 30.4 Å². The Kier molecular flexibility index (Phi) is 6.75. The van der Waals surface area contributed by atoms with Crippen molar-refractivity contribution < 1.29 is 14.3 Å². The normalized spacial score (nSPS) is 16.4. The van der Waals surface area contributed by atoms with Crippen LogP contribution in [0.4, 0.5) is 0 Å². The summed E-state index contributed by atoms with van der Waals surface area (Å²) in [4.78, 5) is 26.0. The Morgan fingerprint density at radius 3 is 2.50 bits per heavy atom. The van der Waals surface area contributed by atoms with Crippen molar-refractivity contribution in [2.75, 3.05) is 13.2 Å². The van der Waals surface area contributed by atoms with Gasteiger partial charge >= 0.3 is 0 Å². The molecule has 5 nitrogen and oxygen atoms in total. The van der Waals surface area contributed by atoms with Gasteiger partial charge in [0.1, 0.15) is 11.3 Å². The van der Waals surface area contributed by atoms with Crippen LogP contribution in [0.3, 0.4) is 0 Å². The van der Waals surface area contributed by atoms with Crippen LogP contribution in [-0.2, 0) is 9.59 Å². The van der Waals surface area contributed by atoms with Gasteiger partial charge in [-0.1, -0.05) is 6.08 Å². The average Bonchev–Trinajstić information content (AvgIpc) is 2.51. The zero-order valence-electron chi connectivity index (χ0n) is 12.8. The smallest absolute Gasteiger partial charge is 0.265 e. The van der Waals surface area contributed by atoms with E-state index in [0.29, 0.717) is 6.61 Å². The van der Waals surface area contributed by atoms with Gasteiger partial charge in [0.25, 0.3) is 11.8 Å². The molecule has 0 unspecified atom stereocenters. The minimum Gasteiger partial charge on any atom is -0.492 e. The van der Waals surface area contributed by atoms with Gasteiger partial charge in [-0.3, -0.25) is 19.8 Å². The second kappa shape index (κ2) is 8.39. The van der Waals surface area contributed by atoms with E-state index in [0.717, 1.165) is 18.5 Å². The van der Waals surface area contributed by atoms with Gasteiger partial charge in [0.2, 0.25) is 0 Å². The van der Waals surface area contributed by atoms with E-state index < -0.39 is 11.8 Å². The number of rotatable bonds is 5. The van der Waals surface area contributed by atoms with E-state index in [4.69, 9.17) is 17.0 Å². The van der Waals surface area contributed by atoms with Crippen molar-refractivity contribution in [1.82, 2.24) is 10.2 Å². The first-order valence-corrected chi connectivity index (χ1v) is 9.57. The van der Waals surface area contributed by atoms with Crippen molar-refractivity contribution in [2.45, 2.75) is 6.92 Å². The highest BCUT2D eigenvalue weighted by Crippen LogP contribution is 2.30. The molecule has 1 heterocycles. The fraction of sp³-hybridized carbons (Fsp3) is 0.188.